The van der Waals surface area contributed by atoms with Crippen molar-refractivity contribution in [2.24, 2.45) is 0 Å². The fraction of sp³-hybridized carbons (Fsp3) is 0.333. The van der Waals surface area contributed by atoms with Crippen molar-refractivity contribution in [1.29, 1.82) is 0 Å². The third-order valence-electron chi connectivity index (χ3n) is 1.74. The Hall–Kier alpha value is 0.290. The van der Waals surface area contributed by atoms with Crippen LogP contribution in [0.5, 0.6) is 0 Å². The summed E-state index contributed by atoms with van der Waals surface area (Å²) in [6.45, 7) is 0. The molecule has 0 aliphatic rings. The van der Waals surface area contributed by atoms with Gasteiger partial charge in [0.2, 0.25) is 0 Å². The van der Waals surface area contributed by atoms with Crippen LogP contribution in [-0.2, 0) is 15.8 Å². The summed E-state index contributed by atoms with van der Waals surface area (Å²) >= 11 is -2.07. The van der Waals surface area contributed by atoms with E-state index in [0.717, 1.165) is 5.56 Å². The summed E-state index contributed by atoms with van der Waals surface area (Å²) in [5.74, 6) is 0.000509. The predicted octanol–water partition coefficient (Wildman–Crippen LogP) is -1.74. The maximum atomic E-state index is 10.5. The molecule has 14 heavy (non-hydrogen) atoms. The first-order valence-corrected chi connectivity index (χ1v) is 5.12. The molecule has 1 rings (SSSR count). The van der Waals surface area contributed by atoms with E-state index in [2.05, 4.69) is 0 Å². The summed E-state index contributed by atoms with van der Waals surface area (Å²) in [5.41, 5.74) is 0.884. The van der Waals surface area contributed by atoms with Crippen molar-refractivity contribution in [1.82, 2.24) is 0 Å². The molecule has 0 spiro atoms. The van der Waals surface area contributed by atoms with Gasteiger partial charge < -0.3 is 9.29 Å². The summed E-state index contributed by atoms with van der Waals surface area (Å²) < 4.78 is 26.0. The molecule has 0 aromatic heterocycles. The Morgan fingerprint density at radius 2 is 2.00 bits per heavy atom. The van der Waals surface area contributed by atoms with E-state index in [-0.39, 0.29) is 41.4 Å². The normalized spacial score (nSPS) is 14.1. The average molecular weight is 222 g/mol. The molecule has 0 aliphatic heterocycles. The van der Waals surface area contributed by atoms with Crippen LogP contribution >= 0.6 is 0 Å². The quantitative estimate of drug-likeness (QED) is 0.449. The minimum absolute atomic E-state index is 0. The summed E-state index contributed by atoms with van der Waals surface area (Å²) in [6, 6.07) is 9.29. The molecular formula is C9H11NaO3S. The molecule has 0 aliphatic carbocycles. The number of hydrogen-bond donors (Lipinski definition) is 0. The SMILES string of the molecule is COC(CS(=O)[O-])c1ccccc1.[Na+]. The van der Waals surface area contributed by atoms with Crippen LogP contribution in [0.3, 0.4) is 0 Å². The zero-order valence-electron chi connectivity index (χ0n) is 8.30. The fourth-order valence-corrected chi connectivity index (χ4v) is 1.67. The molecule has 2 unspecified atom stereocenters. The first-order chi connectivity index (χ1) is 6.24. The molecule has 0 amide bonds. The number of methoxy groups -OCH3 is 1. The first kappa shape index (κ1) is 14.3. The van der Waals surface area contributed by atoms with E-state index in [4.69, 9.17) is 4.74 Å². The largest absolute Gasteiger partial charge is 1.00 e. The predicted molar refractivity (Wildman–Crippen MR) is 50.0 cm³/mol. The zero-order valence-corrected chi connectivity index (χ0v) is 11.1. The number of hydrogen-bond acceptors (Lipinski definition) is 3. The molecule has 0 saturated carbocycles. The molecule has 2 atom stereocenters. The topological polar surface area (TPSA) is 49.4 Å². The van der Waals surface area contributed by atoms with E-state index in [1.807, 2.05) is 30.3 Å². The molecule has 0 N–H and O–H groups in total. The Bertz CT molecular complexity index is 279. The van der Waals surface area contributed by atoms with Crippen LogP contribution in [0.15, 0.2) is 30.3 Å². The average Bonchev–Trinajstić information content (AvgIpc) is 2.15. The van der Waals surface area contributed by atoms with Crippen LogP contribution in [0, 0.1) is 0 Å². The Labute approximate surface area is 108 Å². The molecule has 72 valence electrons. The second-order valence-corrected chi connectivity index (χ2v) is 3.55. The smallest absolute Gasteiger partial charge is 0.772 e. The molecule has 5 heteroatoms. The molecule has 1 aromatic carbocycles. The van der Waals surface area contributed by atoms with Gasteiger partial charge in [-0.25, -0.2) is 0 Å². The Kier molecular flexibility index (Phi) is 7.72. The van der Waals surface area contributed by atoms with Crippen LogP contribution in [0.4, 0.5) is 0 Å². The molecule has 0 saturated heterocycles. The summed E-state index contributed by atoms with van der Waals surface area (Å²) in [6.07, 6.45) is -0.362. The van der Waals surface area contributed by atoms with Gasteiger partial charge in [-0.1, -0.05) is 41.4 Å². The molecule has 0 fully saturated rings. The zero-order chi connectivity index (χ0) is 9.68. The van der Waals surface area contributed by atoms with Crippen molar-refractivity contribution in [3.8, 4) is 0 Å². The van der Waals surface area contributed by atoms with E-state index in [1.165, 1.54) is 7.11 Å². The third-order valence-corrected chi connectivity index (χ3v) is 2.32. The minimum atomic E-state index is -2.07. The van der Waals surface area contributed by atoms with Gasteiger partial charge in [0, 0.05) is 12.9 Å². The van der Waals surface area contributed by atoms with E-state index < -0.39 is 11.1 Å². The minimum Gasteiger partial charge on any atom is -0.772 e. The van der Waals surface area contributed by atoms with Gasteiger partial charge in [0.25, 0.3) is 0 Å². The van der Waals surface area contributed by atoms with Crippen LogP contribution in [-0.4, -0.2) is 21.6 Å². The Balaban J connectivity index is 0.00000169. The first-order valence-electron chi connectivity index (χ1n) is 3.87. The molecule has 0 heterocycles. The maximum absolute atomic E-state index is 10.5. The van der Waals surface area contributed by atoms with Crippen molar-refractivity contribution in [2.75, 3.05) is 12.9 Å². The molecular weight excluding hydrogens is 211 g/mol. The van der Waals surface area contributed by atoms with E-state index in [1.54, 1.807) is 0 Å². The molecule has 0 radical (unpaired) electrons. The summed E-state index contributed by atoms with van der Waals surface area (Å²) in [4.78, 5) is 0. The molecule has 0 bridgehead atoms. The third kappa shape index (κ3) is 4.68. The van der Waals surface area contributed by atoms with Crippen LogP contribution in [0.1, 0.15) is 11.7 Å². The van der Waals surface area contributed by atoms with Crippen LogP contribution < -0.4 is 29.6 Å². The number of benzene rings is 1. The standard InChI is InChI=1S/C9H12O3S.Na/c1-12-9(7-13(10)11)8-5-3-2-4-6-8;/h2-6,9H,7H2,1H3,(H,10,11);/q;+1/p-1. The van der Waals surface area contributed by atoms with E-state index >= 15 is 0 Å². The fourth-order valence-electron chi connectivity index (χ4n) is 1.09. The van der Waals surface area contributed by atoms with Gasteiger partial charge in [0.1, 0.15) is 0 Å². The van der Waals surface area contributed by atoms with E-state index in [9.17, 15) is 8.76 Å². The van der Waals surface area contributed by atoms with Gasteiger partial charge in [-0.15, -0.1) is 0 Å². The summed E-state index contributed by atoms with van der Waals surface area (Å²) in [7, 11) is 1.50. The van der Waals surface area contributed by atoms with Crippen LogP contribution in [0.2, 0.25) is 0 Å². The molecule has 3 nitrogen and oxygen atoms in total. The van der Waals surface area contributed by atoms with Gasteiger partial charge >= 0.3 is 29.6 Å². The monoisotopic (exact) mass is 222 g/mol. The van der Waals surface area contributed by atoms with Gasteiger partial charge in [-0.2, -0.15) is 0 Å². The summed E-state index contributed by atoms with van der Waals surface area (Å²) in [5, 5.41) is 0. The molecule has 1 aromatic rings. The van der Waals surface area contributed by atoms with Crippen molar-refractivity contribution in [2.45, 2.75) is 6.10 Å². The van der Waals surface area contributed by atoms with Crippen molar-refractivity contribution < 1.29 is 43.1 Å². The second kappa shape index (κ2) is 7.56. The van der Waals surface area contributed by atoms with E-state index in [0.29, 0.717) is 0 Å². The van der Waals surface area contributed by atoms with Gasteiger partial charge in [-0.05, 0) is 5.56 Å². The van der Waals surface area contributed by atoms with Crippen molar-refractivity contribution in [3.05, 3.63) is 35.9 Å². The van der Waals surface area contributed by atoms with Gasteiger partial charge in [-0.3, -0.25) is 4.21 Å². The second-order valence-electron chi connectivity index (χ2n) is 2.61. The maximum Gasteiger partial charge on any atom is 1.00 e. The van der Waals surface area contributed by atoms with Crippen LogP contribution in [0.25, 0.3) is 0 Å². The van der Waals surface area contributed by atoms with Gasteiger partial charge in [0.05, 0.1) is 6.10 Å². The Morgan fingerprint density at radius 1 is 1.43 bits per heavy atom. The number of ether oxygens (including phenoxy) is 1. The van der Waals surface area contributed by atoms with Crippen molar-refractivity contribution >= 4 is 11.1 Å². The Morgan fingerprint density at radius 3 is 2.43 bits per heavy atom. The van der Waals surface area contributed by atoms with Gasteiger partial charge in [0.15, 0.2) is 0 Å². The van der Waals surface area contributed by atoms with Crippen molar-refractivity contribution in [3.63, 3.8) is 0 Å². The number of rotatable bonds is 4.